The molecule has 2 aromatic rings. The van der Waals surface area contributed by atoms with Gasteiger partial charge in [0.1, 0.15) is 11.5 Å². The van der Waals surface area contributed by atoms with Crippen LogP contribution in [-0.4, -0.2) is 11.5 Å². The topological polar surface area (TPSA) is 34.2 Å². The van der Waals surface area contributed by atoms with E-state index in [-0.39, 0.29) is 0 Å². The Balaban J connectivity index is 2.21. The molecule has 1 heterocycles. The van der Waals surface area contributed by atoms with Crippen LogP contribution in [0.5, 0.6) is 11.5 Å². The zero-order chi connectivity index (χ0) is 12.8. The average molecular weight is 263 g/mol. The Hall–Kier alpha value is -1.58. The van der Waals surface area contributed by atoms with Crippen molar-refractivity contribution in [3.8, 4) is 11.5 Å². The van der Waals surface area contributed by atoms with Crippen molar-refractivity contribution in [2.75, 3.05) is 6.54 Å². The monoisotopic (exact) mass is 262 g/mol. The van der Waals surface area contributed by atoms with Crippen molar-refractivity contribution in [2.24, 2.45) is 0 Å². The van der Waals surface area contributed by atoms with E-state index in [2.05, 4.69) is 17.2 Å². The van der Waals surface area contributed by atoms with Crippen LogP contribution in [0.4, 0.5) is 0 Å². The molecule has 94 valence electrons. The number of pyridine rings is 1. The zero-order valence-corrected chi connectivity index (χ0v) is 10.9. The average Bonchev–Trinajstić information content (AvgIpc) is 2.40. The number of ether oxygens (including phenoxy) is 1. The quantitative estimate of drug-likeness (QED) is 0.893. The van der Waals surface area contributed by atoms with Gasteiger partial charge < -0.3 is 10.1 Å². The van der Waals surface area contributed by atoms with Gasteiger partial charge in [-0.15, -0.1) is 0 Å². The fourth-order valence-electron chi connectivity index (χ4n) is 1.55. The van der Waals surface area contributed by atoms with Crippen molar-refractivity contribution in [1.82, 2.24) is 10.3 Å². The van der Waals surface area contributed by atoms with Crippen LogP contribution in [0.15, 0.2) is 42.7 Å². The van der Waals surface area contributed by atoms with Crippen LogP contribution < -0.4 is 10.1 Å². The van der Waals surface area contributed by atoms with E-state index in [1.54, 1.807) is 18.5 Å². The summed E-state index contributed by atoms with van der Waals surface area (Å²) in [4.78, 5) is 4.08. The first-order valence-electron chi connectivity index (χ1n) is 5.87. The largest absolute Gasteiger partial charge is 0.454 e. The molecule has 18 heavy (non-hydrogen) atoms. The van der Waals surface area contributed by atoms with Gasteiger partial charge in [0.25, 0.3) is 0 Å². The molecular formula is C14H15ClN2O. The summed E-state index contributed by atoms with van der Waals surface area (Å²) >= 11 is 6.07. The molecule has 1 aromatic carbocycles. The lowest BCUT2D eigenvalue weighted by atomic mass is 10.2. The van der Waals surface area contributed by atoms with E-state index in [0.29, 0.717) is 10.8 Å². The maximum Gasteiger partial charge on any atom is 0.150 e. The predicted octanol–water partition coefficient (Wildman–Crippen LogP) is 3.64. The summed E-state index contributed by atoms with van der Waals surface area (Å²) in [5.74, 6) is 1.37. The Bertz CT molecular complexity index is 517. The van der Waals surface area contributed by atoms with Crippen LogP contribution in [0.2, 0.25) is 5.02 Å². The molecular weight excluding hydrogens is 248 g/mol. The number of aromatic nitrogens is 1. The van der Waals surface area contributed by atoms with Gasteiger partial charge in [-0.1, -0.05) is 30.7 Å². The standard InChI is InChI=1S/C14H15ClN2O/c1-2-16-9-11-7-8-17-10-14(11)18-13-6-4-3-5-12(13)15/h3-8,10,16H,2,9H2,1H3. The molecule has 0 saturated heterocycles. The van der Waals surface area contributed by atoms with Gasteiger partial charge in [0.2, 0.25) is 0 Å². The third-order valence-corrected chi connectivity index (χ3v) is 2.80. The van der Waals surface area contributed by atoms with E-state index in [1.807, 2.05) is 24.3 Å². The minimum atomic E-state index is 0.593. The van der Waals surface area contributed by atoms with Crippen LogP contribution in [0.25, 0.3) is 0 Å². The highest BCUT2D eigenvalue weighted by Crippen LogP contribution is 2.30. The molecule has 4 heteroatoms. The summed E-state index contributed by atoms with van der Waals surface area (Å²) in [6.07, 6.45) is 3.46. The molecule has 2 rings (SSSR count). The van der Waals surface area contributed by atoms with Crippen molar-refractivity contribution in [1.29, 1.82) is 0 Å². The lowest BCUT2D eigenvalue weighted by Crippen LogP contribution is -2.12. The van der Waals surface area contributed by atoms with Crippen molar-refractivity contribution >= 4 is 11.6 Å². The highest BCUT2D eigenvalue weighted by Gasteiger charge is 2.06. The van der Waals surface area contributed by atoms with Crippen LogP contribution in [0.3, 0.4) is 0 Å². The molecule has 0 amide bonds. The smallest absolute Gasteiger partial charge is 0.150 e. The fraction of sp³-hybridized carbons (Fsp3) is 0.214. The molecule has 0 fully saturated rings. The van der Waals surface area contributed by atoms with Gasteiger partial charge in [-0.05, 0) is 24.7 Å². The Morgan fingerprint density at radius 2 is 2.06 bits per heavy atom. The molecule has 0 aliphatic carbocycles. The number of hydrogen-bond acceptors (Lipinski definition) is 3. The Morgan fingerprint density at radius 3 is 2.83 bits per heavy atom. The predicted molar refractivity (Wildman–Crippen MR) is 73.1 cm³/mol. The van der Waals surface area contributed by atoms with Crippen LogP contribution in [-0.2, 0) is 6.54 Å². The Labute approximate surface area is 112 Å². The summed E-state index contributed by atoms with van der Waals surface area (Å²) in [5.41, 5.74) is 1.06. The summed E-state index contributed by atoms with van der Waals surface area (Å²) in [6, 6.07) is 9.35. The van der Waals surface area contributed by atoms with Gasteiger partial charge in [-0.2, -0.15) is 0 Å². The molecule has 0 atom stereocenters. The normalized spacial score (nSPS) is 10.3. The number of benzene rings is 1. The minimum Gasteiger partial charge on any atom is -0.454 e. The molecule has 0 saturated carbocycles. The number of rotatable bonds is 5. The maximum atomic E-state index is 6.07. The second-order valence-corrected chi connectivity index (χ2v) is 4.20. The lowest BCUT2D eigenvalue weighted by molar-refractivity contribution is 0.471. The zero-order valence-electron chi connectivity index (χ0n) is 10.2. The molecule has 3 nitrogen and oxygen atoms in total. The highest BCUT2D eigenvalue weighted by atomic mass is 35.5. The van der Waals surface area contributed by atoms with Crippen molar-refractivity contribution in [3.05, 3.63) is 53.3 Å². The van der Waals surface area contributed by atoms with Crippen LogP contribution >= 0.6 is 11.6 Å². The summed E-state index contributed by atoms with van der Waals surface area (Å²) < 4.78 is 5.80. The third kappa shape index (κ3) is 3.22. The number of para-hydroxylation sites is 1. The molecule has 0 spiro atoms. The van der Waals surface area contributed by atoms with Gasteiger partial charge in [0, 0.05) is 18.3 Å². The van der Waals surface area contributed by atoms with Gasteiger partial charge in [-0.3, -0.25) is 4.98 Å². The number of hydrogen-bond donors (Lipinski definition) is 1. The second-order valence-electron chi connectivity index (χ2n) is 3.80. The van der Waals surface area contributed by atoms with E-state index in [9.17, 15) is 0 Å². The molecule has 1 N–H and O–H groups in total. The van der Waals surface area contributed by atoms with Gasteiger partial charge in [-0.25, -0.2) is 0 Å². The molecule has 1 aromatic heterocycles. The summed E-state index contributed by atoms with van der Waals surface area (Å²) in [6.45, 7) is 3.72. The highest BCUT2D eigenvalue weighted by molar-refractivity contribution is 6.32. The molecule has 0 bridgehead atoms. The minimum absolute atomic E-state index is 0.593. The first kappa shape index (κ1) is 12.9. The van der Waals surface area contributed by atoms with Gasteiger partial charge in [0.15, 0.2) is 0 Å². The fourth-order valence-corrected chi connectivity index (χ4v) is 1.73. The number of halogens is 1. The van der Waals surface area contributed by atoms with Crippen molar-refractivity contribution in [2.45, 2.75) is 13.5 Å². The van der Waals surface area contributed by atoms with Crippen molar-refractivity contribution in [3.63, 3.8) is 0 Å². The van der Waals surface area contributed by atoms with E-state index in [0.717, 1.165) is 24.4 Å². The summed E-state index contributed by atoms with van der Waals surface area (Å²) in [7, 11) is 0. The lowest BCUT2D eigenvalue weighted by Gasteiger charge is -2.11. The molecule has 0 aliphatic rings. The molecule has 0 unspecified atom stereocenters. The third-order valence-electron chi connectivity index (χ3n) is 2.49. The SMILES string of the molecule is CCNCc1ccncc1Oc1ccccc1Cl. The second kappa shape index (κ2) is 6.38. The van der Waals surface area contributed by atoms with Gasteiger partial charge in [0.05, 0.1) is 11.2 Å². The van der Waals surface area contributed by atoms with Crippen molar-refractivity contribution < 1.29 is 4.74 Å². The first-order chi connectivity index (χ1) is 8.81. The Kier molecular flexibility index (Phi) is 4.56. The van der Waals surface area contributed by atoms with Crippen LogP contribution in [0, 0.1) is 0 Å². The van der Waals surface area contributed by atoms with E-state index in [1.165, 1.54) is 0 Å². The van der Waals surface area contributed by atoms with E-state index < -0.39 is 0 Å². The first-order valence-corrected chi connectivity index (χ1v) is 6.25. The number of nitrogens with zero attached hydrogens (tertiary/aromatic N) is 1. The van der Waals surface area contributed by atoms with E-state index in [4.69, 9.17) is 16.3 Å². The molecule has 0 radical (unpaired) electrons. The maximum absolute atomic E-state index is 6.07. The van der Waals surface area contributed by atoms with Gasteiger partial charge >= 0.3 is 0 Å². The number of nitrogens with one attached hydrogen (secondary N) is 1. The molecule has 0 aliphatic heterocycles. The van der Waals surface area contributed by atoms with E-state index >= 15 is 0 Å². The Morgan fingerprint density at radius 1 is 1.22 bits per heavy atom. The van der Waals surface area contributed by atoms with Crippen LogP contribution in [0.1, 0.15) is 12.5 Å². The summed E-state index contributed by atoms with van der Waals surface area (Å²) in [5, 5.41) is 3.86.